The van der Waals surface area contributed by atoms with Gasteiger partial charge in [0.2, 0.25) is 0 Å². The average molecular weight is 364 g/mol. The minimum absolute atomic E-state index is 0.162. The second kappa shape index (κ2) is 6.31. The third-order valence-corrected chi connectivity index (χ3v) is 6.01. The molecule has 2 aromatic carbocycles. The Bertz CT molecular complexity index is 870. The number of methoxy groups -OCH3 is 1. The first kappa shape index (κ1) is 17.9. The van der Waals surface area contributed by atoms with E-state index in [2.05, 4.69) is 86.3 Å². The van der Waals surface area contributed by atoms with E-state index >= 15 is 0 Å². The first-order valence-electron chi connectivity index (χ1n) is 9.46. The Morgan fingerprint density at radius 2 is 1.85 bits per heavy atom. The standard InChI is InChI=1S/C23H28N2O2/c1-22(2)20-11-10-19(26-5)16-21(20)25-14-15-27-23(22,25)13-12-17-6-8-18(9-7-17)24(3)4/h6-13,16H,14-15H2,1-5H3/b13-12+. The Hall–Kier alpha value is -2.46. The lowest BCUT2D eigenvalue weighted by Gasteiger charge is -2.39. The van der Waals surface area contributed by atoms with Gasteiger partial charge in [0.15, 0.2) is 5.72 Å². The van der Waals surface area contributed by atoms with Crippen molar-refractivity contribution in [2.45, 2.75) is 25.0 Å². The molecule has 0 bridgehead atoms. The van der Waals surface area contributed by atoms with Gasteiger partial charge in [0, 0.05) is 43.5 Å². The van der Waals surface area contributed by atoms with Crippen molar-refractivity contribution in [3.05, 3.63) is 59.7 Å². The van der Waals surface area contributed by atoms with Crippen molar-refractivity contribution >= 4 is 17.5 Å². The molecule has 4 heteroatoms. The number of nitrogens with zero attached hydrogens (tertiary/aromatic N) is 2. The molecule has 1 fully saturated rings. The van der Waals surface area contributed by atoms with Gasteiger partial charge in [0.25, 0.3) is 0 Å². The summed E-state index contributed by atoms with van der Waals surface area (Å²) in [5.41, 5.74) is 4.26. The van der Waals surface area contributed by atoms with Crippen molar-refractivity contribution in [2.24, 2.45) is 0 Å². The zero-order valence-corrected chi connectivity index (χ0v) is 16.8. The van der Waals surface area contributed by atoms with Crippen molar-refractivity contribution in [3.8, 4) is 5.75 Å². The fraction of sp³-hybridized carbons (Fsp3) is 0.391. The molecule has 0 amide bonds. The summed E-state index contributed by atoms with van der Waals surface area (Å²) < 4.78 is 11.9. The van der Waals surface area contributed by atoms with E-state index in [1.165, 1.54) is 22.5 Å². The molecule has 0 aromatic heterocycles. The summed E-state index contributed by atoms with van der Waals surface area (Å²) in [5, 5.41) is 0. The van der Waals surface area contributed by atoms with Gasteiger partial charge in [-0.15, -0.1) is 0 Å². The number of rotatable bonds is 4. The normalized spacial score (nSPS) is 22.8. The maximum atomic E-state index is 6.41. The zero-order chi connectivity index (χ0) is 19.2. The number of hydrogen-bond donors (Lipinski definition) is 0. The summed E-state index contributed by atoms with van der Waals surface area (Å²) in [6, 6.07) is 14.9. The largest absolute Gasteiger partial charge is 0.497 e. The second-order valence-electron chi connectivity index (χ2n) is 8.02. The SMILES string of the molecule is COc1ccc2c(c1)N1CCOC1(/C=C/c1ccc(N(C)C)cc1)C2(C)C. The van der Waals surface area contributed by atoms with Crippen LogP contribution in [-0.4, -0.2) is 40.1 Å². The Kier molecular flexibility index (Phi) is 4.19. The van der Waals surface area contributed by atoms with Gasteiger partial charge in [0.05, 0.1) is 13.7 Å². The molecule has 0 spiro atoms. The van der Waals surface area contributed by atoms with E-state index in [0.717, 1.165) is 18.9 Å². The maximum absolute atomic E-state index is 6.41. The van der Waals surface area contributed by atoms with E-state index in [0.29, 0.717) is 0 Å². The highest BCUT2D eigenvalue weighted by atomic mass is 16.5. The Morgan fingerprint density at radius 1 is 1.11 bits per heavy atom. The lowest BCUT2D eigenvalue weighted by Crippen LogP contribution is -2.51. The Labute approximate surface area is 162 Å². The van der Waals surface area contributed by atoms with Crippen molar-refractivity contribution in [3.63, 3.8) is 0 Å². The molecule has 142 valence electrons. The highest BCUT2D eigenvalue weighted by molar-refractivity contribution is 5.71. The number of benzene rings is 2. The topological polar surface area (TPSA) is 24.9 Å². The first-order valence-corrected chi connectivity index (χ1v) is 9.46. The van der Waals surface area contributed by atoms with Gasteiger partial charge < -0.3 is 19.3 Å². The van der Waals surface area contributed by atoms with E-state index < -0.39 is 5.72 Å². The van der Waals surface area contributed by atoms with Crippen LogP contribution in [0, 0.1) is 0 Å². The summed E-state index contributed by atoms with van der Waals surface area (Å²) in [7, 11) is 5.83. The van der Waals surface area contributed by atoms with Crippen LogP contribution in [0.2, 0.25) is 0 Å². The molecule has 2 aliphatic heterocycles. The van der Waals surface area contributed by atoms with E-state index in [9.17, 15) is 0 Å². The van der Waals surface area contributed by atoms with Crippen molar-refractivity contribution < 1.29 is 9.47 Å². The number of ether oxygens (including phenoxy) is 2. The second-order valence-corrected chi connectivity index (χ2v) is 8.02. The molecule has 0 radical (unpaired) electrons. The summed E-state index contributed by atoms with van der Waals surface area (Å²) in [5.74, 6) is 0.885. The number of anilines is 2. The zero-order valence-electron chi connectivity index (χ0n) is 16.8. The molecule has 1 saturated heterocycles. The van der Waals surface area contributed by atoms with E-state index in [1.54, 1.807) is 7.11 Å². The van der Waals surface area contributed by atoms with Crippen LogP contribution in [-0.2, 0) is 10.2 Å². The van der Waals surface area contributed by atoms with Crippen LogP contribution in [0.3, 0.4) is 0 Å². The molecular weight excluding hydrogens is 336 g/mol. The third kappa shape index (κ3) is 2.62. The van der Waals surface area contributed by atoms with Gasteiger partial charge in [-0.2, -0.15) is 0 Å². The number of fused-ring (bicyclic) bond motifs is 3. The van der Waals surface area contributed by atoms with Crippen molar-refractivity contribution in [1.29, 1.82) is 0 Å². The van der Waals surface area contributed by atoms with E-state index in [-0.39, 0.29) is 5.41 Å². The van der Waals surface area contributed by atoms with Crippen molar-refractivity contribution in [2.75, 3.05) is 44.2 Å². The van der Waals surface area contributed by atoms with Crippen LogP contribution in [0.25, 0.3) is 6.08 Å². The van der Waals surface area contributed by atoms with Crippen LogP contribution in [0.4, 0.5) is 11.4 Å². The average Bonchev–Trinajstić information content (AvgIpc) is 3.17. The van der Waals surface area contributed by atoms with Crippen LogP contribution < -0.4 is 14.5 Å². The Morgan fingerprint density at radius 3 is 2.52 bits per heavy atom. The molecular formula is C23H28N2O2. The third-order valence-electron chi connectivity index (χ3n) is 6.01. The van der Waals surface area contributed by atoms with Gasteiger partial charge in [-0.05, 0) is 35.4 Å². The molecule has 0 saturated carbocycles. The monoisotopic (exact) mass is 364 g/mol. The lowest BCUT2D eigenvalue weighted by atomic mass is 9.77. The molecule has 1 unspecified atom stereocenters. The predicted octanol–water partition coefficient (Wildman–Crippen LogP) is 4.30. The van der Waals surface area contributed by atoms with E-state index in [1.807, 2.05) is 6.07 Å². The smallest absolute Gasteiger partial charge is 0.170 e. The molecule has 1 atom stereocenters. The van der Waals surface area contributed by atoms with Crippen LogP contribution in [0.15, 0.2) is 48.5 Å². The Balaban J connectivity index is 1.72. The predicted molar refractivity (Wildman–Crippen MR) is 112 cm³/mol. The van der Waals surface area contributed by atoms with Crippen LogP contribution >= 0.6 is 0 Å². The summed E-state index contributed by atoms with van der Waals surface area (Å²) in [6.07, 6.45) is 4.42. The quantitative estimate of drug-likeness (QED) is 0.808. The molecule has 27 heavy (non-hydrogen) atoms. The minimum Gasteiger partial charge on any atom is -0.497 e. The molecule has 0 aliphatic carbocycles. The molecule has 4 rings (SSSR count). The molecule has 2 aliphatic rings. The minimum atomic E-state index is -0.470. The highest BCUT2D eigenvalue weighted by Gasteiger charge is 2.59. The van der Waals surface area contributed by atoms with Gasteiger partial charge >= 0.3 is 0 Å². The summed E-state index contributed by atoms with van der Waals surface area (Å²) in [4.78, 5) is 4.49. The summed E-state index contributed by atoms with van der Waals surface area (Å²) in [6.45, 7) is 6.14. The fourth-order valence-corrected chi connectivity index (χ4v) is 4.38. The summed E-state index contributed by atoms with van der Waals surface area (Å²) >= 11 is 0. The van der Waals surface area contributed by atoms with Crippen LogP contribution in [0.5, 0.6) is 5.75 Å². The fourth-order valence-electron chi connectivity index (χ4n) is 4.38. The highest BCUT2D eigenvalue weighted by Crippen LogP contribution is 2.55. The molecule has 0 N–H and O–H groups in total. The van der Waals surface area contributed by atoms with Gasteiger partial charge in [-0.1, -0.05) is 38.1 Å². The molecule has 2 aromatic rings. The van der Waals surface area contributed by atoms with E-state index in [4.69, 9.17) is 9.47 Å². The van der Waals surface area contributed by atoms with Crippen molar-refractivity contribution in [1.82, 2.24) is 0 Å². The molecule has 2 heterocycles. The van der Waals surface area contributed by atoms with Gasteiger partial charge in [-0.25, -0.2) is 0 Å². The first-order chi connectivity index (χ1) is 12.9. The lowest BCUT2D eigenvalue weighted by molar-refractivity contribution is 0.000337. The molecule has 4 nitrogen and oxygen atoms in total. The van der Waals surface area contributed by atoms with Gasteiger partial charge in [-0.3, -0.25) is 0 Å². The maximum Gasteiger partial charge on any atom is 0.170 e. The number of hydrogen-bond acceptors (Lipinski definition) is 4. The van der Waals surface area contributed by atoms with Gasteiger partial charge in [0.1, 0.15) is 5.75 Å². The van der Waals surface area contributed by atoms with Crippen LogP contribution in [0.1, 0.15) is 25.0 Å².